The van der Waals surface area contributed by atoms with Gasteiger partial charge in [-0.3, -0.25) is 9.69 Å². The SMILES string of the molecule is Cc1cc(CN2CCN(C(=O)[C@H]3CCCO3)CC2)no1. The van der Waals surface area contributed by atoms with Crippen LogP contribution in [0.15, 0.2) is 10.6 Å². The molecule has 1 aromatic heterocycles. The number of ether oxygens (including phenoxy) is 1. The summed E-state index contributed by atoms with van der Waals surface area (Å²) in [4.78, 5) is 16.5. The zero-order valence-electron chi connectivity index (χ0n) is 11.9. The molecule has 6 nitrogen and oxygen atoms in total. The molecule has 1 atom stereocenters. The maximum absolute atomic E-state index is 12.2. The van der Waals surface area contributed by atoms with Crippen molar-refractivity contribution in [3.8, 4) is 0 Å². The van der Waals surface area contributed by atoms with Crippen LogP contribution in [0.1, 0.15) is 24.3 Å². The van der Waals surface area contributed by atoms with Gasteiger partial charge in [0.05, 0.1) is 5.69 Å². The van der Waals surface area contributed by atoms with E-state index >= 15 is 0 Å². The molecule has 6 heteroatoms. The van der Waals surface area contributed by atoms with Gasteiger partial charge in [0.25, 0.3) is 5.91 Å². The van der Waals surface area contributed by atoms with E-state index in [1.54, 1.807) is 0 Å². The number of aromatic nitrogens is 1. The fourth-order valence-corrected chi connectivity index (χ4v) is 2.82. The third-order valence-corrected chi connectivity index (χ3v) is 3.95. The van der Waals surface area contributed by atoms with Gasteiger partial charge in [-0.2, -0.15) is 0 Å². The highest BCUT2D eigenvalue weighted by Gasteiger charge is 2.30. The van der Waals surface area contributed by atoms with Gasteiger partial charge in [0, 0.05) is 45.4 Å². The van der Waals surface area contributed by atoms with Gasteiger partial charge in [-0.1, -0.05) is 5.16 Å². The van der Waals surface area contributed by atoms with Crippen LogP contribution in [0.2, 0.25) is 0 Å². The van der Waals surface area contributed by atoms with Crippen LogP contribution < -0.4 is 0 Å². The first-order valence-corrected chi connectivity index (χ1v) is 7.27. The van der Waals surface area contributed by atoms with Gasteiger partial charge in [0.1, 0.15) is 11.9 Å². The van der Waals surface area contributed by atoms with Crippen molar-refractivity contribution in [2.45, 2.75) is 32.4 Å². The van der Waals surface area contributed by atoms with Crippen LogP contribution in [-0.2, 0) is 16.1 Å². The normalized spacial score (nSPS) is 24.2. The first kappa shape index (κ1) is 13.6. The van der Waals surface area contributed by atoms with Gasteiger partial charge in [-0.15, -0.1) is 0 Å². The summed E-state index contributed by atoms with van der Waals surface area (Å²) in [7, 11) is 0. The lowest BCUT2D eigenvalue weighted by Crippen LogP contribution is -2.51. The fourth-order valence-electron chi connectivity index (χ4n) is 2.82. The average Bonchev–Trinajstić information content (AvgIpc) is 3.11. The molecular weight excluding hydrogens is 258 g/mol. The van der Waals surface area contributed by atoms with E-state index < -0.39 is 0 Å². The second-order valence-corrected chi connectivity index (χ2v) is 5.53. The number of nitrogens with zero attached hydrogens (tertiary/aromatic N) is 3. The largest absolute Gasteiger partial charge is 0.368 e. The van der Waals surface area contributed by atoms with Crippen molar-refractivity contribution in [2.75, 3.05) is 32.8 Å². The van der Waals surface area contributed by atoms with E-state index in [1.807, 2.05) is 17.9 Å². The van der Waals surface area contributed by atoms with Gasteiger partial charge in [-0.05, 0) is 19.8 Å². The Morgan fingerprint density at radius 3 is 2.80 bits per heavy atom. The van der Waals surface area contributed by atoms with Crippen molar-refractivity contribution in [1.29, 1.82) is 0 Å². The molecule has 0 bridgehead atoms. The predicted octanol–water partition coefficient (Wildman–Crippen LogP) is 0.806. The Bertz CT molecular complexity index is 460. The molecule has 3 rings (SSSR count). The monoisotopic (exact) mass is 279 g/mol. The van der Waals surface area contributed by atoms with Crippen molar-refractivity contribution < 1.29 is 14.1 Å². The summed E-state index contributed by atoms with van der Waals surface area (Å²) >= 11 is 0. The van der Waals surface area contributed by atoms with E-state index in [4.69, 9.17) is 9.26 Å². The number of rotatable bonds is 3. The van der Waals surface area contributed by atoms with Crippen LogP contribution in [-0.4, -0.2) is 59.8 Å². The van der Waals surface area contributed by atoms with Crippen LogP contribution in [0.25, 0.3) is 0 Å². The molecule has 2 aliphatic rings. The van der Waals surface area contributed by atoms with E-state index in [0.717, 1.165) is 63.6 Å². The Morgan fingerprint density at radius 2 is 2.20 bits per heavy atom. The predicted molar refractivity (Wildman–Crippen MR) is 72.1 cm³/mol. The molecule has 0 aliphatic carbocycles. The van der Waals surface area contributed by atoms with E-state index in [-0.39, 0.29) is 12.0 Å². The van der Waals surface area contributed by atoms with E-state index in [1.165, 1.54) is 0 Å². The van der Waals surface area contributed by atoms with Crippen LogP contribution in [0.4, 0.5) is 0 Å². The van der Waals surface area contributed by atoms with Gasteiger partial charge in [-0.25, -0.2) is 0 Å². The molecule has 110 valence electrons. The summed E-state index contributed by atoms with van der Waals surface area (Å²) in [6.45, 7) is 6.72. The van der Waals surface area contributed by atoms with Crippen LogP contribution in [0.5, 0.6) is 0 Å². The Labute approximate surface area is 118 Å². The zero-order chi connectivity index (χ0) is 13.9. The minimum Gasteiger partial charge on any atom is -0.368 e. The molecule has 0 unspecified atom stereocenters. The fraction of sp³-hybridized carbons (Fsp3) is 0.714. The second-order valence-electron chi connectivity index (χ2n) is 5.53. The highest BCUT2D eigenvalue weighted by Crippen LogP contribution is 2.16. The maximum Gasteiger partial charge on any atom is 0.251 e. The second kappa shape index (κ2) is 5.93. The standard InChI is InChI=1S/C14H21N3O3/c1-11-9-12(15-20-11)10-16-4-6-17(7-5-16)14(18)13-3-2-8-19-13/h9,13H,2-8,10H2,1H3/t13-/m1/s1. The van der Waals surface area contributed by atoms with Gasteiger partial charge < -0.3 is 14.2 Å². The average molecular weight is 279 g/mol. The topological polar surface area (TPSA) is 58.8 Å². The molecule has 0 radical (unpaired) electrons. The summed E-state index contributed by atoms with van der Waals surface area (Å²) in [5.74, 6) is 1.01. The van der Waals surface area contributed by atoms with Gasteiger partial charge in [0.15, 0.2) is 0 Å². The molecule has 20 heavy (non-hydrogen) atoms. The molecule has 1 amide bonds. The summed E-state index contributed by atoms with van der Waals surface area (Å²) in [5.41, 5.74) is 0.960. The molecule has 1 aromatic rings. The first-order chi connectivity index (χ1) is 9.72. The number of hydrogen-bond donors (Lipinski definition) is 0. The van der Waals surface area contributed by atoms with Crippen LogP contribution in [0.3, 0.4) is 0 Å². The molecule has 0 spiro atoms. The summed E-state index contributed by atoms with van der Waals surface area (Å²) < 4.78 is 10.5. The van der Waals surface area contributed by atoms with E-state index in [0.29, 0.717) is 0 Å². The lowest BCUT2D eigenvalue weighted by molar-refractivity contribution is -0.142. The Kier molecular flexibility index (Phi) is 4.03. The number of hydrogen-bond acceptors (Lipinski definition) is 5. The highest BCUT2D eigenvalue weighted by molar-refractivity contribution is 5.81. The number of carbonyl (C=O) groups is 1. The lowest BCUT2D eigenvalue weighted by atomic mass is 10.2. The van der Waals surface area contributed by atoms with E-state index in [9.17, 15) is 4.79 Å². The first-order valence-electron chi connectivity index (χ1n) is 7.27. The lowest BCUT2D eigenvalue weighted by Gasteiger charge is -2.35. The maximum atomic E-state index is 12.2. The Balaban J connectivity index is 1.48. The molecule has 2 fully saturated rings. The van der Waals surface area contributed by atoms with Gasteiger partial charge >= 0.3 is 0 Å². The molecule has 0 aromatic carbocycles. The van der Waals surface area contributed by atoms with Crippen molar-refractivity contribution in [3.63, 3.8) is 0 Å². The molecule has 3 heterocycles. The van der Waals surface area contributed by atoms with E-state index in [2.05, 4.69) is 10.1 Å². The molecular formula is C14H21N3O3. The Hall–Kier alpha value is -1.40. The minimum atomic E-state index is -0.195. The molecule has 0 saturated carbocycles. The van der Waals surface area contributed by atoms with Crippen LogP contribution >= 0.6 is 0 Å². The summed E-state index contributed by atoms with van der Waals surface area (Å²) in [5, 5.41) is 4.01. The Morgan fingerprint density at radius 1 is 1.40 bits per heavy atom. The van der Waals surface area contributed by atoms with Crippen molar-refractivity contribution >= 4 is 5.91 Å². The third kappa shape index (κ3) is 3.02. The summed E-state index contributed by atoms with van der Waals surface area (Å²) in [6, 6.07) is 1.96. The molecule has 2 saturated heterocycles. The highest BCUT2D eigenvalue weighted by atomic mass is 16.5. The van der Waals surface area contributed by atoms with Crippen molar-refractivity contribution in [1.82, 2.24) is 15.0 Å². The smallest absolute Gasteiger partial charge is 0.251 e. The molecule has 0 N–H and O–H groups in total. The number of amides is 1. The van der Waals surface area contributed by atoms with Crippen LogP contribution in [0, 0.1) is 6.92 Å². The number of carbonyl (C=O) groups excluding carboxylic acids is 1. The minimum absolute atomic E-state index is 0.166. The summed E-state index contributed by atoms with van der Waals surface area (Å²) in [6.07, 6.45) is 1.68. The molecule has 2 aliphatic heterocycles. The third-order valence-electron chi connectivity index (χ3n) is 3.95. The number of aryl methyl sites for hydroxylation is 1. The quantitative estimate of drug-likeness (QED) is 0.819. The van der Waals surface area contributed by atoms with Crippen molar-refractivity contribution in [3.05, 3.63) is 17.5 Å². The zero-order valence-corrected chi connectivity index (χ0v) is 11.9. The van der Waals surface area contributed by atoms with Crippen molar-refractivity contribution in [2.24, 2.45) is 0 Å². The van der Waals surface area contributed by atoms with Gasteiger partial charge in [0.2, 0.25) is 0 Å². The number of piperazine rings is 1.